The first-order valence-electron chi connectivity index (χ1n) is 3.33. The van der Waals surface area contributed by atoms with E-state index in [4.69, 9.17) is 0 Å². The predicted molar refractivity (Wildman–Crippen MR) is 45.2 cm³/mol. The highest BCUT2D eigenvalue weighted by Gasteiger charge is 2.13. The number of hydrogen-bond donors (Lipinski definition) is 0. The highest BCUT2D eigenvalue weighted by molar-refractivity contribution is 14.1. The molecule has 0 aromatic heterocycles. The lowest BCUT2D eigenvalue weighted by atomic mass is 10.1. The number of alkyl halides is 1. The van der Waals surface area contributed by atoms with Crippen molar-refractivity contribution in [2.75, 3.05) is 4.43 Å². The summed E-state index contributed by atoms with van der Waals surface area (Å²) in [4.78, 5) is 0. The third-order valence-corrected chi connectivity index (χ3v) is 2.30. The van der Waals surface area contributed by atoms with Crippen molar-refractivity contribution in [2.45, 2.75) is 32.1 Å². The third-order valence-electron chi connectivity index (χ3n) is 1.76. The Morgan fingerprint density at radius 1 is 1.25 bits per heavy atom. The van der Waals surface area contributed by atoms with E-state index in [1.807, 2.05) is 5.92 Å². The van der Waals surface area contributed by atoms with Crippen LogP contribution < -0.4 is 0 Å². The average Bonchev–Trinajstić information content (AvgIpc) is 2.19. The molecule has 0 nitrogen and oxygen atoms in total. The molecule has 1 aliphatic rings. The maximum Gasteiger partial charge on any atom is 0.0000762 e. The molecule has 0 amide bonds. The van der Waals surface area contributed by atoms with Gasteiger partial charge in [0.15, 0.2) is 0 Å². The monoisotopic (exact) mass is 223 g/mol. The largest absolute Gasteiger partial charge is 0.0864 e. The van der Waals surface area contributed by atoms with Crippen LogP contribution in [0.2, 0.25) is 0 Å². The van der Waals surface area contributed by atoms with E-state index < -0.39 is 0 Å². The van der Waals surface area contributed by atoms with E-state index in [1.165, 1.54) is 36.5 Å². The predicted octanol–water partition coefficient (Wildman–Crippen LogP) is 2.96. The minimum absolute atomic E-state index is 1.33. The SMILES string of the molecule is ICC[C]1CCCC1. The molecule has 0 aromatic carbocycles. The topological polar surface area (TPSA) is 0 Å². The van der Waals surface area contributed by atoms with Gasteiger partial charge >= 0.3 is 0 Å². The minimum Gasteiger partial charge on any atom is -0.0864 e. The van der Waals surface area contributed by atoms with Crippen molar-refractivity contribution in [3.63, 3.8) is 0 Å². The lowest BCUT2D eigenvalue weighted by Gasteiger charge is -2.01. The summed E-state index contributed by atoms with van der Waals surface area (Å²) in [5.41, 5.74) is 0. The molecule has 0 heterocycles. The van der Waals surface area contributed by atoms with Gasteiger partial charge in [-0.05, 0) is 25.2 Å². The summed E-state index contributed by atoms with van der Waals surface area (Å²) in [5, 5.41) is 0. The summed E-state index contributed by atoms with van der Waals surface area (Å²) in [5.74, 6) is 1.82. The zero-order valence-corrected chi connectivity index (χ0v) is 7.28. The second-order valence-electron chi connectivity index (χ2n) is 2.40. The number of halogens is 1. The van der Waals surface area contributed by atoms with Gasteiger partial charge < -0.3 is 0 Å². The van der Waals surface area contributed by atoms with Crippen LogP contribution >= 0.6 is 22.6 Å². The quantitative estimate of drug-likeness (QED) is 0.498. The summed E-state index contributed by atoms with van der Waals surface area (Å²) >= 11 is 2.46. The van der Waals surface area contributed by atoms with Gasteiger partial charge in [0.2, 0.25) is 0 Å². The van der Waals surface area contributed by atoms with Gasteiger partial charge in [0, 0.05) is 4.43 Å². The van der Waals surface area contributed by atoms with Crippen LogP contribution in [0.15, 0.2) is 0 Å². The Hall–Kier alpha value is 0.730. The summed E-state index contributed by atoms with van der Waals surface area (Å²) in [6, 6.07) is 0. The molecule has 0 saturated heterocycles. The molecule has 1 rings (SSSR count). The van der Waals surface area contributed by atoms with Crippen LogP contribution in [-0.4, -0.2) is 4.43 Å². The van der Waals surface area contributed by atoms with E-state index in [0.717, 1.165) is 0 Å². The molecule has 0 N–H and O–H groups in total. The molecule has 0 bridgehead atoms. The normalized spacial score (nSPS) is 22.1. The molecule has 0 atom stereocenters. The second-order valence-corrected chi connectivity index (χ2v) is 3.47. The molecule has 1 saturated carbocycles. The first-order chi connectivity index (χ1) is 3.93. The Labute approximate surface area is 65.2 Å². The zero-order chi connectivity index (χ0) is 5.82. The van der Waals surface area contributed by atoms with Gasteiger partial charge in [0.05, 0.1) is 0 Å². The van der Waals surface area contributed by atoms with E-state index in [0.29, 0.717) is 0 Å². The molecule has 1 fully saturated rings. The van der Waals surface area contributed by atoms with Gasteiger partial charge in [-0.15, -0.1) is 0 Å². The van der Waals surface area contributed by atoms with Crippen molar-refractivity contribution < 1.29 is 0 Å². The molecular weight excluding hydrogens is 211 g/mol. The Morgan fingerprint density at radius 2 is 1.88 bits per heavy atom. The van der Waals surface area contributed by atoms with Crippen molar-refractivity contribution in [3.8, 4) is 0 Å². The fourth-order valence-corrected chi connectivity index (χ4v) is 2.02. The van der Waals surface area contributed by atoms with E-state index in [9.17, 15) is 0 Å². The maximum absolute atomic E-state index is 2.46. The Morgan fingerprint density at radius 3 is 2.38 bits per heavy atom. The molecule has 0 aromatic rings. The van der Waals surface area contributed by atoms with Gasteiger partial charge in [-0.1, -0.05) is 35.4 Å². The molecule has 1 radical (unpaired) electrons. The number of rotatable bonds is 2. The van der Waals surface area contributed by atoms with E-state index in [1.54, 1.807) is 0 Å². The fraction of sp³-hybridized carbons (Fsp3) is 0.857. The Kier molecular flexibility index (Phi) is 3.16. The van der Waals surface area contributed by atoms with Gasteiger partial charge in [0.1, 0.15) is 0 Å². The van der Waals surface area contributed by atoms with Gasteiger partial charge in [-0.2, -0.15) is 0 Å². The first kappa shape index (κ1) is 6.84. The molecule has 0 unspecified atom stereocenters. The minimum atomic E-state index is 1.33. The van der Waals surface area contributed by atoms with E-state index in [-0.39, 0.29) is 0 Å². The third kappa shape index (κ3) is 1.92. The maximum atomic E-state index is 2.46. The second kappa shape index (κ2) is 3.70. The van der Waals surface area contributed by atoms with Crippen LogP contribution in [0, 0.1) is 5.92 Å². The molecule has 47 valence electrons. The molecule has 1 heteroatoms. The highest BCUT2D eigenvalue weighted by atomic mass is 127. The Balaban J connectivity index is 2.06. The van der Waals surface area contributed by atoms with Gasteiger partial charge in [0.25, 0.3) is 0 Å². The standard InChI is InChI=1S/C7H12I/c8-6-5-7-3-1-2-4-7/h1-6H2. The fourth-order valence-electron chi connectivity index (χ4n) is 1.26. The average molecular weight is 223 g/mol. The number of hydrogen-bond acceptors (Lipinski definition) is 0. The highest BCUT2D eigenvalue weighted by Crippen LogP contribution is 2.29. The van der Waals surface area contributed by atoms with Crippen molar-refractivity contribution in [1.29, 1.82) is 0 Å². The molecule has 0 aliphatic heterocycles. The summed E-state index contributed by atoms with van der Waals surface area (Å²) < 4.78 is 1.33. The van der Waals surface area contributed by atoms with Crippen LogP contribution in [0.4, 0.5) is 0 Å². The van der Waals surface area contributed by atoms with E-state index >= 15 is 0 Å². The van der Waals surface area contributed by atoms with Crippen molar-refractivity contribution in [3.05, 3.63) is 5.92 Å². The van der Waals surface area contributed by atoms with Crippen LogP contribution in [0.3, 0.4) is 0 Å². The van der Waals surface area contributed by atoms with Crippen molar-refractivity contribution in [1.82, 2.24) is 0 Å². The van der Waals surface area contributed by atoms with E-state index in [2.05, 4.69) is 22.6 Å². The summed E-state index contributed by atoms with van der Waals surface area (Å²) in [6.45, 7) is 0. The smallest absolute Gasteiger partial charge is 0.0000762 e. The van der Waals surface area contributed by atoms with Gasteiger partial charge in [-0.25, -0.2) is 0 Å². The van der Waals surface area contributed by atoms with Crippen LogP contribution in [0.5, 0.6) is 0 Å². The zero-order valence-electron chi connectivity index (χ0n) is 5.12. The first-order valence-corrected chi connectivity index (χ1v) is 4.85. The summed E-state index contributed by atoms with van der Waals surface area (Å²) in [7, 11) is 0. The van der Waals surface area contributed by atoms with Crippen LogP contribution in [0.1, 0.15) is 32.1 Å². The Bertz CT molecular complexity index is 55.4. The van der Waals surface area contributed by atoms with Crippen LogP contribution in [0.25, 0.3) is 0 Å². The molecule has 1 aliphatic carbocycles. The van der Waals surface area contributed by atoms with Crippen LogP contribution in [-0.2, 0) is 0 Å². The summed E-state index contributed by atoms with van der Waals surface area (Å²) in [6.07, 6.45) is 7.19. The van der Waals surface area contributed by atoms with Gasteiger partial charge in [-0.3, -0.25) is 0 Å². The lowest BCUT2D eigenvalue weighted by molar-refractivity contribution is 0.828. The van der Waals surface area contributed by atoms with Crippen molar-refractivity contribution >= 4 is 22.6 Å². The van der Waals surface area contributed by atoms with Crippen molar-refractivity contribution in [2.24, 2.45) is 0 Å². The lowest BCUT2D eigenvalue weighted by Crippen LogP contribution is -1.88. The molecule has 8 heavy (non-hydrogen) atoms. The molecular formula is C7H12I. The molecule has 0 spiro atoms.